The van der Waals surface area contributed by atoms with Crippen LogP contribution in [0.4, 0.5) is 0 Å². The van der Waals surface area contributed by atoms with Gasteiger partial charge in [0, 0.05) is 53.1 Å². The number of halogens is 1. The van der Waals surface area contributed by atoms with Crippen LogP contribution in [0.25, 0.3) is 0 Å². The lowest BCUT2D eigenvalue weighted by atomic mass is 9.89. The molecule has 7 heteroatoms. The highest BCUT2D eigenvalue weighted by Gasteiger charge is 2.25. The van der Waals surface area contributed by atoms with Crippen LogP contribution in [0.2, 0.25) is 0 Å². The van der Waals surface area contributed by atoms with Crippen molar-refractivity contribution in [2.24, 2.45) is 17.5 Å². The van der Waals surface area contributed by atoms with Gasteiger partial charge in [0.1, 0.15) is 0 Å². The van der Waals surface area contributed by atoms with Gasteiger partial charge in [0.15, 0.2) is 5.96 Å². The second kappa shape index (κ2) is 10.4. The predicted octanol–water partition coefficient (Wildman–Crippen LogP) is 3.23. The van der Waals surface area contributed by atoms with Gasteiger partial charge < -0.3 is 15.0 Å². The summed E-state index contributed by atoms with van der Waals surface area (Å²) in [7, 11) is 7.58. The van der Waals surface area contributed by atoms with Gasteiger partial charge in [-0.25, -0.2) is 0 Å². The largest absolute Gasteiger partial charge is 0.379 e. The Hall–Kier alpha value is -0.830. The molecule has 0 aromatic carbocycles. The summed E-state index contributed by atoms with van der Waals surface area (Å²) >= 11 is 0. The first-order chi connectivity index (χ1) is 11.1. The zero-order chi connectivity index (χ0) is 18.5. The van der Waals surface area contributed by atoms with E-state index in [1.165, 1.54) is 5.56 Å². The van der Waals surface area contributed by atoms with Crippen molar-refractivity contribution in [2.45, 2.75) is 53.2 Å². The van der Waals surface area contributed by atoms with E-state index in [1.807, 2.05) is 25.8 Å². The molecule has 0 bridgehead atoms. The molecule has 1 unspecified atom stereocenters. The lowest BCUT2D eigenvalue weighted by molar-refractivity contribution is 0.0202. The molecule has 0 radical (unpaired) electrons. The number of nitrogens with zero attached hydrogens (tertiary/aromatic N) is 4. The number of hydrogen-bond acceptors (Lipinski definition) is 3. The molecule has 0 aliphatic heterocycles. The first kappa shape index (κ1) is 24.2. The lowest BCUT2D eigenvalue weighted by Gasteiger charge is -2.31. The van der Waals surface area contributed by atoms with Crippen LogP contribution in [0.1, 0.15) is 51.8 Å². The van der Waals surface area contributed by atoms with Gasteiger partial charge in [-0.1, -0.05) is 34.6 Å². The number of aromatic nitrogens is 2. The Labute approximate surface area is 170 Å². The molecule has 146 valence electrons. The Balaban J connectivity index is 0.00000576. The van der Waals surface area contributed by atoms with Gasteiger partial charge in [0.25, 0.3) is 0 Å². The zero-order valence-corrected chi connectivity index (χ0v) is 19.6. The van der Waals surface area contributed by atoms with Crippen LogP contribution in [0.3, 0.4) is 0 Å². The van der Waals surface area contributed by atoms with Gasteiger partial charge in [-0.3, -0.25) is 9.67 Å². The van der Waals surface area contributed by atoms with Crippen molar-refractivity contribution in [1.29, 1.82) is 0 Å². The van der Waals surface area contributed by atoms with Gasteiger partial charge >= 0.3 is 0 Å². The van der Waals surface area contributed by atoms with Gasteiger partial charge in [-0.2, -0.15) is 5.10 Å². The van der Waals surface area contributed by atoms with Crippen LogP contribution in [0, 0.1) is 5.41 Å². The van der Waals surface area contributed by atoms with E-state index in [0.717, 1.165) is 24.7 Å². The monoisotopic (exact) mass is 465 g/mol. The van der Waals surface area contributed by atoms with E-state index in [1.54, 1.807) is 7.11 Å². The molecular weight excluding hydrogens is 429 g/mol. The fraction of sp³-hybridized carbons (Fsp3) is 0.778. The highest BCUT2D eigenvalue weighted by Crippen LogP contribution is 2.21. The number of nitrogens with one attached hydrogen (secondary N) is 1. The first-order valence-corrected chi connectivity index (χ1v) is 8.57. The van der Waals surface area contributed by atoms with E-state index in [4.69, 9.17) is 4.74 Å². The summed E-state index contributed by atoms with van der Waals surface area (Å²) < 4.78 is 7.50. The maximum Gasteiger partial charge on any atom is 0.193 e. The molecule has 1 aromatic rings. The molecule has 0 spiro atoms. The third kappa shape index (κ3) is 7.13. The number of ether oxygens (including phenoxy) is 1. The molecule has 0 aliphatic rings. The number of aryl methyl sites for hydroxylation is 1. The van der Waals surface area contributed by atoms with E-state index < -0.39 is 0 Å². The summed E-state index contributed by atoms with van der Waals surface area (Å²) in [5.74, 6) is 1.27. The van der Waals surface area contributed by atoms with Crippen molar-refractivity contribution >= 4 is 29.9 Å². The average Bonchev–Trinajstić information content (AvgIpc) is 2.83. The van der Waals surface area contributed by atoms with Crippen LogP contribution in [0.15, 0.2) is 11.2 Å². The van der Waals surface area contributed by atoms with Crippen molar-refractivity contribution in [3.63, 3.8) is 0 Å². The number of rotatable bonds is 6. The molecule has 0 fully saturated rings. The fourth-order valence-corrected chi connectivity index (χ4v) is 2.80. The van der Waals surface area contributed by atoms with E-state index in [9.17, 15) is 0 Å². The summed E-state index contributed by atoms with van der Waals surface area (Å²) in [6, 6.07) is 0. The van der Waals surface area contributed by atoms with Crippen LogP contribution in [0.5, 0.6) is 0 Å². The third-order valence-corrected chi connectivity index (χ3v) is 4.16. The summed E-state index contributed by atoms with van der Waals surface area (Å²) in [6.07, 6.45) is 2.21. The van der Waals surface area contributed by atoms with Crippen molar-refractivity contribution in [3.8, 4) is 0 Å². The van der Waals surface area contributed by atoms with Gasteiger partial charge in [-0.15, -0.1) is 24.0 Å². The summed E-state index contributed by atoms with van der Waals surface area (Å²) in [5.41, 5.74) is 2.45. The second-order valence-electron chi connectivity index (χ2n) is 7.74. The average molecular weight is 465 g/mol. The van der Waals surface area contributed by atoms with Crippen LogP contribution in [-0.4, -0.2) is 54.5 Å². The summed E-state index contributed by atoms with van der Waals surface area (Å²) in [5, 5.41) is 8.00. The molecule has 25 heavy (non-hydrogen) atoms. The molecule has 1 aromatic heterocycles. The molecule has 0 amide bonds. The second-order valence-corrected chi connectivity index (χ2v) is 7.74. The molecular formula is C18H36IN5O. The quantitative estimate of drug-likeness (QED) is 0.398. The predicted molar refractivity (Wildman–Crippen MR) is 116 cm³/mol. The number of methoxy groups -OCH3 is 1. The van der Waals surface area contributed by atoms with E-state index >= 15 is 0 Å². The lowest BCUT2D eigenvalue weighted by Crippen LogP contribution is -2.45. The number of hydrogen-bond donors (Lipinski definition) is 1. The Kier molecular flexibility index (Phi) is 10.0. The Morgan fingerprint density at radius 1 is 1.40 bits per heavy atom. The zero-order valence-electron chi connectivity index (χ0n) is 17.3. The number of aliphatic imine (C=N–C) groups is 1. The molecule has 6 nitrogen and oxygen atoms in total. The molecule has 1 N–H and O–H groups in total. The molecule has 0 saturated carbocycles. The third-order valence-electron chi connectivity index (χ3n) is 4.16. The van der Waals surface area contributed by atoms with Crippen LogP contribution in [-0.2, 0) is 18.3 Å². The minimum atomic E-state index is 0. The van der Waals surface area contributed by atoms with Gasteiger partial charge in [0.2, 0.25) is 0 Å². The van der Waals surface area contributed by atoms with Crippen molar-refractivity contribution in [1.82, 2.24) is 20.0 Å². The van der Waals surface area contributed by atoms with Gasteiger partial charge in [0.05, 0.1) is 11.8 Å². The minimum absolute atomic E-state index is 0. The molecule has 1 rings (SSSR count). The molecule has 1 heterocycles. The van der Waals surface area contributed by atoms with E-state index in [2.05, 4.69) is 61.1 Å². The Morgan fingerprint density at radius 3 is 2.44 bits per heavy atom. The summed E-state index contributed by atoms with van der Waals surface area (Å²) in [4.78, 5) is 6.53. The van der Waals surface area contributed by atoms with Crippen LogP contribution < -0.4 is 5.32 Å². The normalized spacial score (nSPS) is 13.6. The SMILES string of the molecule is CN=C(NCC(OC)C(C)(C)C)N(C)Cc1cn(C)nc1C(C)C.I. The number of guanidine groups is 1. The highest BCUT2D eigenvalue weighted by molar-refractivity contribution is 14.0. The maximum atomic E-state index is 5.61. The van der Waals surface area contributed by atoms with E-state index in [-0.39, 0.29) is 35.5 Å². The summed E-state index contributed by atoms with van der Waals surface area (Å²) in [6.45, 7) is 12.4. The van der Waals surface area contributed by atoms with Crippen molar-refractivity contribution < 1.29 is 4.74 Å². The molecule has 0 aliphatic carbocycles. The first-order valence-electron chi connectivity index (χ1n) is 8.57. The van der Waals surface area contributed by atoms with Crippen LogP contribution >= 0.6 is 24.0 Å². The fourth-order valence-electron chi connectivity index (χ4n) is 2.80. The highest BCUT2D eigenvalue weighted by atomic mass is 127. The van der Waals surface area contributed by atoms with Crippen molar-refractivity contribution in [2.75, 3.05) is 27.7 Å². The maximum absolute atomic E-state index is 5.61. The Morgan fingerprint density at radius 2 is 2.00 bits per heavy atom. The smallest absolute Gasteiger partial charge is 0.193 e. The Bertz CT molecular complexity index is 548. The minimum Gasteiger partial charge on any atom is -0.379 e. The van der Waals surface area contributed by atoms with Gasteiger partial charge in [-0.05, 0) is 11.3 Å². The standard InChI is InChI=1S/C18H35N5O.HI/c1-13(2)16-14(12-23(8)21-16)11-22(7)17(19-6)20-10-15(24-9)18(3,4)5;/h12-13,15H,10-11H2,1-9H3,(H,19,20);1H. The topological polar surface area (TPSA) is 54.7 Å². The van der Waals surface area contributed by atoms with Crippen molar-refractivity contribution in [3.05, 3.63) is 17.5 Å². The molecule has 1 atom stereocenters. The van der Waals surface area contributed by atoms with E-state index in [0.29, 0.717) is 5.92 Å². The molecule has 0 saturated heterocycles.